The second-order valence-electron chi connectivity index (χ2n) is 6.28. The summed E-state index contributed by atoms with van der Waals surface area (Å²) < 4.78 is 0. The minimum Gasteiger partial charge on any atom is -0.504 e. The smallest absolute Gasteiger partial charge is 0.331 e. The number of hydrogen-bond donors (Lipinski definition) is 2. The second-order valence-corrected chi connectivity index (χ2v) is 6.28. The summed E-state index contributed by atoms with van der Waals surface area (Å²) in [5, 5.41) is 19.0. The van der Waals surface area contributed by atoms with Crippen molar-refractivity contribution in [2.24, 2.45) is 10.8 Å². The van der Waals surface area contributed by atoms with Gasteiger partial charge in [-0.2, -0.15) is 0 Å². The highest BCUT2D eigenvalue weighted by atomic mass is 16.4. The van der Waals surface area contributed by atoms with Crippen LogP contribution in [0.25, 0.3) is 0 Å². The molecular formula is C15H20O4. The Hall–Kier alpha value is -1.58. The van der Waals surface area contributed by atoms with E-state index < -0.39 is 5.97 Å². The molecule has 0 bridgehead atoms. The van der Waals surface area contributed by atoms with E-state index in [0.29, 0.717) is 31.3 Å². The van der Waals surface area contributed by atoms with E-state index in [1.165, 1.54) is 0 Å². The lowest BCUT2D eigenvalue weighted by Crippen LogP contribution is -2.46. The number of Topliss-reactive ketones (excluding diaryl/α,β-unsaturated/α-hetero) is 1. The van der Waals surface area contributed by atoms with Crippen LogP contribution in [0.15, 0.2) is 23.0 Å². The molecule has 2 aliphatic carbocycles. The van der Waals surface area contributed by atoms with Gasteiger partial charge in [-0.15, -0.1) is 0 Å². The van der Waals surface area contributed by atoms with Crippen LogP contribution in [0.4, 0.5) is 0 Å². The van der Waals surface area contributed by atoms with Crippen molar-refractivity contribution in [1.29, 1.82) is 0 Å². The zero-order valence-corrected chi connectivity index (χ0v) is 11.6. The lowest BCUT2D eigenvalue weighted by molar-refractivity contribution is -0.133. The van der Waals surface area contributed by atoms with Gasteiger partial charge in [-0.1, -0.05) is 19.9 Å². The Balaban J connectivity index is 2.48. The van der Waals surface area contributed by atoms with Crippen molar-refractivity contribution in [2.45, 2.75) is 46.5 Å². The average molecular weight is 264 g/mol. The van der Waals surface area contributed by atoms with Gasteiger partial charge in [0.1, 0.15) is 0 Å². The van der Waals surface area contributed by atoms with Crippen LogP contribution in [-0.4, -0.2) is 22.0 Å². The highest BCUT2D eigenvalue weighted by Crippen LogP contribution is 2.58. The molecule has 0 amide bonds. The van der Waals surface area contributed by atoms with E-state index in [0.717, 1.165) is 5.57 Å². The molecule has 0 aromatic rings. The molecule has 1 spiro atoms. The maximum atomic E-state index is 11.8. The Morgan fingerprint density at radius 2 is 2.00 bits per heavy atom. The summed E-state index contributed by atoms with van der Waals surface area (Å²) in [6.45, 7) is 5.86. The first-order valence-electron chi connectivity index (χ1n) is 6.57. The molecule has 0 aromatic heterocycles. The van der Waals surface area contributed by atoms with E-state index in [1.54, 1.807) is 13.0 Å². The third-order valence-electron chi connectivity index (χ3n) is 5.03. The summed E-state index contributed by atoms with van der Waals surface area (Å²) in [6, 6.07) is 0. The summed E-state index contributed by atoms with van der Waals surface area (Å²) >= 11 is 0. The zero-order valence-electron chi connectivity index (χ0n) is 11.6. The maximum Gasteiger partial charge on any atom is 0.331 e. The third kappa shape index (κ3) is 1.90. The number of hydrogen-bond acceptors (Lipinski definition) is 3. The summed E-state index contributed by atoms with van der Waals surface area (Å²) in [6.07, 6.45) is 3.79. The summed E-state index contributed by atoms with van der Waals surface area (Å²) in [5.41, 5.74) is 0.588. The molecule has 0 fully saturated rings. The number of ketones is 1. The number of aliphatic hydroxyl groups is 1. The maximum absolute atomic E-state index is 11.8. The van der Waals surface area contributed by atoms with E-state index in [2.05, 4.69) is 0 Å². The Morgan fingerprint density at radius 3 is 2.47 bits per heavy atom. The van der Waals surface area contributed by atoms with Gasteiger partial charge in [-0.25, -0.2) is 4.79 Å². The van der Waals surface area contributed by atoms with Crippen LogP contribution in [-0.2, 0) is 9.59 Å². The van der Waals surface area contributed by atoms with Crippen LogP contribution in [0.5, 0.6) is 0 Å². The number of aliphatic hydroxyl groups excluding tert-OH is 1. The number of carbonyl (C=O) groups excluding carboxylic acids is 1. The van der Waals surface area contributed by atoms with Crippen LogP contribution in [0, 0.1) is 10.8 Å². The molecule has 0 aromatic carbocycles. The first kappa shape index (κ1) is 13.8. The van der Waals surface area contributed by atoms with E-state index in [1.807, 2.05) is 13.8 Å². The molecule has 4 nitrogen and oxygen atoms in total. The molecule has 0 heterocycles. The Labute approximate surface area is 112 Å². The SMILES string of the molecule is CC1=C(O)C(=O)CC(C)(C)C12CC=C(C(=O)O)CC2. The number of carbonyl (C=O) groups is 2. The van der Waals surface area contributed by atoms with E-state index in [-0.39, 0.29) is 22.4 Å². The standard InChI is InChI=1S/C15H20O4/c1-9-12(17)11(16)8-14(2,3)15(9)6-4-10(5-7-15)13(18)19/h4,17H,5-8H2,1-3H3,(H,18,19). The third-order valence-corrected chi connectivity index (χ3v) is 5.03. The zero-order chi connectivity index (χ0) is 14.4. The van der Waals surface area contributed by atoms with Crippen LogP contribution in [0.1, 0.15) is 46.5 Å². The van der Waals surface area contributed by atoms with Gasteiger partial charge >= 0.3 is 5.97 Å². The van der Waals surface area contributed by atoms with Crippen molar-refractivity contribution >= 4 is 11.8 Å². The van der Waals surface area contributed by atoms with Crippen LogP contribution in [0.3, 0.4) is 0 Å². The normalized spacial score (nSPS) is 30.5. The molecule has 1 atom stereocenters. The van der Waals surface area contributed by atoms with Crippen LogP contribution >= 0.6 is 0 Å². The topological polar surface area (TPSA) is 74.6 Å². The van der Waals surface area contributed by atoms with E-state index in [9.17, 15) is 14.7 Å². The van der Waals surface area contributed by atoms with Gasteiger partial charge in [0.05, 0.1) is 0 Å². The molecule has 104 valence electrons. The predicted molar refractivity (Wildman–Crippen MR) is 70.7 cm³/mol. The molecule has 2 aliphatic rings. The average Bonchev–Trinajstić information content (AvgIpc) is 2.34. The van der Waals surface area contributed by atoms with Crippen molar-refractivity contribution < 1.29 is 19.8 Å². The molecule has 0 aliphatic heterocycles. The molecule has 0 saturated carbocycles. The van der Waals surface area contributed by atoms with Crippen molar-refractivity contribution in [3.63, 3.8) is 0 Å². The first-order chi connectivity index (χ1) is 8.71. The molecule has 4 heteroatoms. The van der Waals surface area contributed by atoms with Gasteiger partial charge in [-0.05, 0) is 37.2 Å². The molecule has 19 heavy (non-hydrogen) atoms. The fraction of sp³-hybridized carbons (Fsp3) is 0.600. The van der Waals surface area contributed by atoms with Crippen LogP contribution in [0.2, 0.25) is 0 Å². The summed E-state index contributed by atoms with van der Waals surface area (Å²) in [7, 11) is 0. The Kier molecular flexibility index (Phi) is 3.07. The van der Waals surface area contributed by atoms with Crippen molar-refractivity contribution in [3.8, 4) is 0 Å². The fourth-order valence-electron chi connectivity index (χ4n) is 3.60. The second kappa shape index (κ2) is 4.22. The van der Waals surface area contributed by atoms with E-state index in [4.69, 9.17) is 5.11 Å². The van der Waals surface area contributed by atoms with Gasteiger partial charge in [0.2, 0.25) is 0 Å². The molecule has 2 rings (SSSR count). The number of rotatable bonds is 1. The largest absolute Gasteiger partial charge is 0.504 e. The number of allylic oxidation sites excluding steroid dienone is 3. The Morgan fingerprint density at radius 1 is 1.37 bits per heavy atom. The summed E-state index contributed by atoms with van der Waals surface area (Å²) in [4.78, 5) is 22.8. The molecular weight excluding hydrogens is 244 g/mol. The predicted octanol–water partition coefficient (Wildman–Crippen LogP) is 3.00. The lowest BCUT2D eigenvalue weighted by Gasteiger charge is -2.51. The molecule has 0 radical (unpaired) electrons. The molecule has 0 saturated heterocycles. The van der Waals surface area contributed by atoms with E-state index >= 15 is 0 Å². The van der Waals surface area contributed by atoms with Gasteiger partial charge < -0.3 is 10.2 Å². The highest BCUT2D eigenvalue weighted by Gasteiger charge is 2.52. The number of carboxylic acid groups (broad SMARTS) is 1. The van der Waals surface area contributed by atoms with Gasteiger partial charge in [-0.3, -0.25) is 4.79 Å². The Bertz CT molecular complexity index is 510. The first-order valence-corrected chi connectivity index (χ1v) is 6.57. The number of carboxylic acids is 1. The molecule has 2 N–H and O–H groups in total. The van der Waals surface area contributed by atoms with Crippen molar-refractivity contribution in [1.82, 2.24) is 0 Å². The van der Waals surface area contributed by atoms with Gasteiger partial charge in [0.15, 0.2) is 11.5 Å². The summed E-state index contributed by atoms with van der Waals surface area (Å²) in [5.74, 6) is -1.20. The number of aliphatic carboxylic acids is 1. The highest BCUT2D eigenvalue weighted by molar-refractivity contribution is 5.95. The van der Waals surface area contributed by atoms with Crippen LogP contribution < -0.4 is 0 Å². The van der Waals surface area contributed by atoms with Gasteiger partial charge in [0.25, 0.3) is 0 Å². The quantitative estimate of drug-likeness (QED) is 0.763. The fourth-order valence-corrected chi connectivity index (χ4v) is 3.60. The lowest BCUT2D eigenvalue weighted by atomic mass is 9.52. The van der Waals surface area contributed by atoms with Crippen molar-refractivity contribution in [2.75, 3.05) is 0 Å². The minimum absolute atomic E-state index is 0.119. The van der Waals surface area contributed by atoms with Crippen molar-refractivity contribution in [3.05, 3.63) is 23.0 Å². The monoisotopic (exact) mass is 264 g/mol. The minimum atomic E-state index is -0.870. The van der Waals surface area contributed by atoms with Gasteiger partial charge in [0, 0.05) is 17.4 Å². The molecule has 1 unspecified atom stereocenters.